The van der Waals surface area contributed by atoms with Gasteiger partial charge in [0.05, 0.1) is 17.5 Å². The SMILES string of the molecule is CCC(C)CC1(N)C=C(Cl)C(c2ccccc2Cl)=CC1C#N. The molecule has 1 aromatic carbocycles. The van der Waals surface area contributed by atoms with Crippen molar-refractivity contribution in [3.8, 4) is 6.07 Å². The van der Waals surface area contributed by atoms with Crippen molar-refractivity contribution in [2.24, 2.45) is 17.6 Å². The van der Waals surface area contributed by atoms with E-state index in [1.165, 1.54) is 0 Å². The van der Waals surface area contributed by atoms with Crippen LogP contribution in [0.2, 0.25) is 5.02 Å². The lowest BCUT2D eigenvalue weighted by atomic mass is 9.74. The van der Waals surface area contributed by atoms with Gasteiger partial charge in [0.25, 0.3) is 0 Å². The van der Waals surface area contributed by atoms with Crippen molar-refractivity contribution in [3.63, 3.8) is 0 Å². The zero-order chi connectivity index (χ0) is 16.3. The molecule has 0 aromatic heterocycles. The van der Waals surface area contributed by atoms with E-state index in [1.54, 1.807) is 0 Å². The summed E-state index contributed by atoms with van der Waals surface area (Å²) in [5, 5.41) is 10.7. The monoisotopic (exact) mass is 334 g/mol. The summed E-state index contributed by atoms with van der Waals surface area (Å²) in [5.41, 5.74) is 7.38. The summed E-state index contributed by atoms with van der Waals surface area (Å²) < 4.78 is 0. The molecule has 3 atom stereocenters. The average Bonchev–Trinajstić information content (AvgIpc) is 2.48. The van der Waals surface area contributed by atoms with Gasteiger partial charge in [-0.1, -0.05) is 67.7 Å². The van der Waals surface area contributed by atoms with Crippen LogP contribution in [0.15, 0.2) is 41.4 Å². The zero-order valence-electron chi connectivity index (χ0n) is 12.8. The molecule has 2 N–H and O–H groups in total. The van der Waals surface area contributed by atoms with Crippen LogP contribution in [0.4, 0.5) is 0 Å². The van der Waals surface area contributed by atoms with Gasteiger partial charge in [0.2, 0.25) is 0 Å². The van der Waals surface area contributed by atoms with Crippen LogP contribution in [0.3, 0.4) is 0 Å². The molecule has 0 aliphatic heterocycles. The molecule has 22 heavy (non-hydrogen) atoms. The number of nitrogens with zero attached hydrogens (tertiary/aromatic N) is 1. The van der Waals surface area contributed by atoms with Crippen LogP contribution in [-0.2, 0) is 0 Å². The molecule has 0 fully saturated rings. The molecule has 3 unspecified atom stereocenters. The second-order valence-electron chi connectivity index (χ2n) is 5.99. The van der Waals surface area contributed by atoms with Gasteiger partial charge in [0.1, 0.15) is 0 Å². The highest BCUT2D eigenvalue weighted by atomic mass is 35.5. The Hall–Kier alpha value is -1.27. The maximum absolute atomic E-state index is 9.55. The van der Waals surface area contributed by atoms with Gasteiger partial charge >= 0.3 is 0 Å². The Morgan fingerprint density at radius 2 is 2.05 bits per heavy atom. The summed E-state index contributed by atoms with van der Waals surface area (Å²) in [6.45, 7) is 4.26. The Morgan fingerprint density at radius 3 is 2.64 bits per heavy atom. The highest BCUT2D eigenvalue weighted by molar-refractivity contribution is 6.39. The number of halogens is 2. The van der Waals surface area contributed by atoms with E-state index in [1.807, 2.05) is 36.4 Å². The van der Waals surface area contributed by atoms with E-state index in [4.69, 9.17) is 28.9 Å². The van der Waals surface area contributed by atoms with Gasteiger partial charge in [-0.05, 0) is 30.1 Å². The minimum atomic E-state index is -0.730. The lowest BCUT2D eigenvalue weighted by Crippen LogP contribution is -2.47. The molecular weight excluding hydrogens is 315 g/mol. The van der Waals surface area contributed by atoms with Crippen molar-refractivity contribution < 1.29 is 0 Å². The fourth-order valence-electron chi connectivity index (χ4n) is 2.79. The van der Waals surface area contributed by atoms with Gasteiger partial charge in [0, 0.05) is 15.6 Å². The van der Waals surface area contributed by atoms with Gasteiger partial charge < -0.3 is 5.73 Å². The molecule has 0 spiro atoms. The number of nitrogens with two attached hydrogens (primary N) is 1. The maximum atomic E-state index is 9.55. The predicted molar refractivity (Wildman–Crippen MR) is 93.5 cm³/mol. The number of hydrogen-bond acceptors (Lipinski definition) is 2. The largest absolute Gasteiger partial charge is 0.320 e. The van der Waals surface area contributed by atoms with Gasteiger partial charge in [0.15, 0.2) is 0 Å². The first-order chi connectivity index (χ1) is 10.4. The number of nitriles is 1. The molecule has 0 heterocycles. The normalized spacial score (nSPS) is 25.9. The third kappa shape index (κ3) is 3.38. The molecule has 2 nitrogen and oxygen atoms in total. The van der Waals surface area contributed by atoms with Crippen molar-refractivity contribution in [1.82, 2.24) is 0 Å². The summed E-state index contributed by atoms with van der Waals surface area (Å²) in [7, 11) is 0. The molecule has 1 aromatic rings. The minimum Gasteiger partial charge on any atom is -0.320 e. The molecule has 116 valence electrons. The van der Waals surface area contributed by atoms with Gasteiger partial charge in [-0.15, -0.1) is 0 Å². The summed E-state index contributed by atoms with van der Waals surface area (Å²) in [6, 6.07) is 9.79. The Labute approximate surface area is 142 Å². The Balaban J connectivity index is 2.43. The zero-order valence-corrected chi connectivity index (χ0v) is 14.3. The second kappa shape index (κ2) is 6.87. The molecule has 4 heteroatoms. The minimum absolute atomic E-state index is 0.421. The highest BCUT2D eigenvalue weighted by Gasteiger charge is 2.37. The fourth-order valence-corrected chi connectivity index (χ4v) is 3.40. The third-order valence-electron chi connectivity index (χ3n) is 4.27. The number of rotatable bonds is 4. The van der Waals surface area contributed by atoms with Crippen molar-refractivity contribution in [2.75, 3.05) is 0 Å². The molecular formula is C18H20Cl2N2. The number of benzene rings is 1. The Morgan fingerprint density at radius 1 is 1.36 bits per heavy atom. The van der Waals surface area contributed by atoms with E-state index in [9.17, 15) is 5.26 Å². The van der Waals surface area contributed by atoms with E-state index >= 15 is 0 Å². The lowest BCUT2D eigenvalue weighted by molar-refractivity contribution is 0.345. The summed E-state index contributed by atoms with van der Waals surface area (Å²) >= 11 is 12.7. The summed E-state index contributed by atoms with van der Waals surface area (Å²) in [5.74, 6) is 0.00658. The third-order valence-corrected chi connectivity index (χ3v) is 4.91. The van der Waals surface area contributed by atoms with Gasteiger partial charge in [-0.2, -0.15) is 5.26 Å². The maximum Gasteiger partial charge on any atom is 0.0869 e. The number of hydrogen-bond donors (Lipinski definition) is 1. The molecule has 2 rings (SSSR count). The molecule has 0 saturated carbocycles. The first-order valence-corrected chi connectivity index (χ1v) is 8.20. The summed E-state index contributed by atoms with van der Waals surface area (Å²) in [6.07, 6.45) is 5.42. The first-order valence-electron chi connectivity index (χ1n) is 7.45. The Kier molecular flexibility index (Phi) is 5.34. The predicted octanol–water partition coefficient (Wildman–Crippen LogP) is 5.13. The van der Waals surface area contributed by atoms with E-state index in [-0.39, 0.29) is 0 Å². The standard InChI is InChI=1S/C18H20Cl2N2/c1-3-12(2)9-18(22)10-17(20)15(8-13(18)11-21)14-6-4-5-7-16(14)19/h4-8,10,12-13H,3,9,22H2,1-2H3. The van der Waals surface area contributed by atoms with Crippen molar-refractivity contribution >= 4 is 28.8 Å². The van der Waals surface area contributed by atoms with E-state index in [2.05, 4.69) is 19.9 Å². The van der Waals surface area contributed by atoms with Crippen molar-refractivity contribution in [3.05, 3.63) is 52.0 Å². The topological polar surface area (TPSA) is 49.8 Å². The quantitative estimate of drug-likeness (QED) is 0.829. The first kappa shape index (κ1) is 17.1. The van der Waals surface area contributed by atoms with Gasteiger partial charge in [-0.3, -0.25) is 0 Å². The van der Waals surface area contributed by atoms with Crippen LogP contribution >= 0.6 is 23.2 Å². The number of allylic oxidation sites excluding steroid dienone is 2. The molecule has 0 radical (unpaired) electrons. The Bertz CT molecular complexity index is 657. The van der Waals surface area contributed by atoms with Crippen LogP contribution in [-0.4, -0.2) is 5.54 Å². The second-order valence-corrected chi connectivity index (χ2v) is 6.80. The van der Waals surface area contributed by atoms with Gasteiger partial charge in [-0.25, -0.2) is 0 Å². The average molecular weight is 335 g/mol. The molecule has 1 aliphatic carbocycles. The van der Waals surface area contributed by atoms with E-state index in [0.29, 0.717) is 16.0 Å². The fraction of sp³-hybridized carbons (Fsp3) is 0.389. The van der Waals surface area contributed by atoms with E-state index < -0.39 is 11.5 Å². The van der Waals surface area contributed by atoms with Crippen molar-refractivity contribution in [2.45, 2.75) is 32.2 Å². The molecule has 0 amide bonds. The van der Waals surface area contributed by atoms with Crippen LogP contribution < -0.4 is 5.73 Å². The molecule has 0 saturated heterocycles. The van der Waals surface area contributed by atoms with Crippen LogP contribution in [0.5, 0.6) is 0 Å². The molecule has 0 bridgehead atoms. The van der Waals surface area contributed by atoms with Crippen molar-refractivity contribution in [1.29, 1.82) is 5.26 Å². The lowest BCUT2D eigenvalue weighted by Gasteiger charge is -2.35. The summed E-state index contributed by atoms with van der Waals surface area (Å²) in [4.78, 5) is 0. The van der Waals surface area contributed by atoms with Crippen LogP contribution in [0.1, 0.15) is 32.3 Å². The smallest absolute Gasteiger partial charge is 0.0869 e. The van der Waals surface area contributed by atoms with Crippen LogP contribution in [0, 0.1) is 23.2 Å². The molecule has 1 aliphatic rings. The highest BCUT2D eigenvalue weighted by Crippen LogP contribution is 2.41. The van der Waals surface area contributed by atoms with E-state index in [0.717, 1.165) is 24.0 Å². The van der Waals surface area contributed by atoms with Crippen LogP contribution in [0.25, 0.3) is 5.57 Å².